The number of allylic oxidation sites excluding steroid dienone is 17. The third-order valence-corrected chi connectivity index (χ3v) is 18.2. The summed E-state index contributed by atoms with van der Waals surface area (Å²) >= 11 is 0. The summed E-state index contributed by atoms with van der Waals surface area (Å²) in [4.78, 5) is 72.9. The fourth-order valence-electron chi connectivity index (χ4n) is 10.4. The van der Waals surface area contributed by atoms with Crippen LogP contribution in [0.5, 0.6) is 0 Å². The van der Waals surface area contributed by atoms with Gasteiger partial charge in [-0.1, -0.05) is 298 Å². The van der Waals surface area contributed by atoms with Crippen molar-refractivity contribution >= 4 is 39.5 Å². The molecule has 5 unspecified atom stereocenters. The number of aliphatic hydroxyl groups excluding tert-OH is 1. The van der Waals surface area contributed by atoms with Crippen molar-refractivity contribution in [2.45, 2.75) is 341 Å². The zero-order chi connectivity index (χ0) is 73.2. The van der Waals surface area contributed by atoms with Gasteiger partial charge in [0.2, 0.25) is 0 Å². The zero-order valence-electron chi connectivity index (χ0n) is 62.8. The van der Waals surface area contributed by atoms with Crippen LogP contribution < -0.4 is 0 Å². The Morgan fingerprint density at radius 1 is 0.300 bits per heavy atom. The normalized spacial score (nSPS) is 14.5. The highest BCUT2D eigenvalue weighted by Gasteiger charge is 2.30. The first kappa shape index (κ1) is 95.7. The summed E-state index contributed by atoms with van der Waals surface area (Å²) in [6, 6.07) is 0. The molecule has 0 spiro atoms. The Hall–Kier alpha value is -4.28. The zero-order valence-corrected chi connectivity index (χ0v) is 64.6. The monoisotopic (exact) mass is 1450 g/mol. The van der Waals surface area contributed by atoms with Gasteiger partial charge in [0.15, 0.2) is 12.2 Å². The van der Waals surface area contributed by atoms with Crippen molar-refractivity contribution in [1.82, 2.24) is 0 Å². The average molecular weight is 1450 g/mol. The Kier molecular flexibility index (Phi) is 69.9. The number of ether oxygens (including phenoxy) is 4. The van der Waals surface area contributed by atoms with Gasteiger partial charge in [-0.05, 0) is 109 Å². The van der Waals surface area contributed by atoms with E-state index >= 15 is 0 Å². The summed E-state index contributed by atoms with van der Waals surface area (Å²) in [7, 11) is -9.98. The molecule has 576 valence electrons. The van der Waals surface area contributed by atoms with Crippen LogP contribution in [0.3, 0.4) is 0 Å². The molecule has 0 aliphatic carbocycles. The first-order chi connectivity index (χ1) is 48.7. The molecule has 0 saturated heterocycles. The Bertz CT molecular complexity index is 2320. The molecule has 0 amide bonds. The molecule has 0 aromatic rings. The topological polar surface area (TPSA) is 237 Å². The van der Waals surface area contributed by atoms with Crippen LogP contribution in [-0.2, 0) is 65.4 Å². The molecule has 0 rings (SSSR count). The number of hydrogen-bond acceptors (Lipinski definition) is 15. The number of phosphoric ester groups is 2. The van der Waals surface area contributed by atoms with E-state index in [0.29, 0.717) is 25.7 Å². The fraction of sp³-hybridized carbons (Fsp3) is 0.728. The molecule has 100 heavy (non-hydrogen) atoms. The van der Waals surface area contributed by atoms with Crippen LogP contribution in [0.4, 0.5) is 0 Å². The number of hydrogen-bond donors (Lipinski definition) is 3. The van der Waals surface area contributed by atoms with E-state index in [-0.39, 0.29) is 25.7 Å². The quantitative estimate of drug-likeness (QED) is 0.0169. The SMILES string of the molecule is CC/C=C\C/C=C\C/C=C\C/C=C\C/C=C\CC(=O)OC(COC(=O)CCCCCCCCC/C=C\C/C=C\C/C=C\CC)COP(=O)(O)OCC(O)COP(=O)(O)OCC(COC(=O)CCCCCCC/C=C\CCCCCCCC)OC(=O)CCCCCCCCCCCCCCC. The summed E-state index contributed by atoms with van der Waals surface area (Å²) in [5.74, 6) is -2.33. The maximum Gasteiger partial charge on any atom is 0.472 e. The van der Waals surface area contributed by atoms with Crippen LogP contribution in [0, 0.1) is 0 Å². The highest BCUT2D eigenvalue weighted by Crippen LogP contribution is 2.45. The van der Waals surface area contributed by atoms with Crippen molar-refractivity contribution in [1.29, 1.82) is 0 Å². The molecule has 0 aromatic heterocycles. The molecule has 0 radical (unpaired) electrons. The Morgan fingerprint density at radius 2 is 0.560 bits per heavy atom. The summed E-state index contributed by atoms with van der Waals surface area (Å²) in [5, 5.41) is 10.6. The lowest BCUT2D eigenvalue weighted by atomic mass is 10.0. The van der Waals surface area contributed by atoms with E-state index in [0.717, 1.165) is 154 Å². The van der Waals surface area contributed by atoms with Crippen LogP contribution in [0.25, 0.3) is 0 Å². The van der Waals surface area contributed by atoms with Gasteiger partial charge in [0, 0.05) is 19.3 Å². The minimum absolute atomic E-state index is 0.0941. The molecular weight excluding hydrogens is 1310 g/mol. The molecule has 0 aliphatic rings. The number of carbonyl (C=O) groups excluding carboxylic acids is 4. The highest BCUT2D eigenvalue weighted by atomic mass is 31.2. The molecule has 0 aliphatic heterocycles. The predicted octanol–water partition coefficient (Wildman–Crippen LogP) is 22.6. The van der Waals surface area contributed by atoms with Crippen molar-refractivity contribution in [3.63, 3.8) is 0 Å². The fourth-order valence-corrected chi connectivity index (χ4v) is 11.9. The summed E-state index contributed by atoms with van der Waals surface area (Å²) in [6.45, 7) is 4.54. The molecule has 0 saturated carbocycles. The molecule has 3 N–H and O–H groups in total. The van der Waals surface area contributed by atoms with Crippen molar-refractivity contribution in [2.75, 3.05) is 39.6 Å². The van der Waals surface area contributed by atoms with Crippen LogP contribution in [0.1, 0.15) is 323 Å². The first-order valence-electron chi connectivity index (χ1n) is 39.1. The van der Waals surface area contributed by atoms with Crippen molar-refractivity contribution < 1.29 is 80.2 Å². The van der Waals surface area contributed by atoms with E-state index in [4.69, 9.17) is 37.0 Å². The Labute approximate surface area is 607 Å². The van der Waals surface area contributed by atoms with Gasteiger partial charge in [0.25, 0.3) is 0 Å². The second-order valence-corrected chi connectivity index (χ2v) is 28.8. The number of rotatable bonds is 73. The van der Waals surface area contributed by atoms with Gasteiger partial charge in [0.1, 0.15) is 19.3 Å². The minimum Gasteiger partial charge on any atom is -0.462 e. The van der Waals surface area contributed by atoms with Crippen molar-refractivity contribution in [2.24, 2.45) is 0 Å². The van der Waals surface area contributed by atoms with E-state index in [2.05, 4.69) is 113 Å². The Morgan fingerprint density at radius 3 is 0.900 bits per heavy atom. The summed E-state index contributed by atoms with van der Waals surface area (Å²) in [5.41, 5.74) is 0. The van der Waals surface area contributed by atoms with E-state index in [1.165, 1.54) is 89.9 Å². The second-order valence-electron chi connectivity index (χ2n) is 25.9. The third kappa shape index (κ3) is 72.1. The van der Waals surface area contributed by atoms with Gasteiger partial charge in [-0.15, -0.1) is 0 Å². The van der Waals surface area contributed by atoms with E-state index in [9.17, 15) is 43.2 Å². The van der Waals surface area contributed by atoms with E-state index < -0.39 is 97.5 Å². The standard InChI is InChI=1S/C81H140O17P2/c1-5-9-13-17-21-25-29-33-36-37-40-43-46-50-54-58-62-66-79(84)92-72-77(98-81(86)68-64-60-56-52-48-44-39-35-31-27-23-19-15-11-7-3)74-96-100(89,90)94-70-75(82)69-93-99(87,88)95-73-76(97-80(85)67-63-59-55-51-47-41-32-28-24-20-16-12-8-4)71-91-78(83)65-61-57-53-49-45-42-38-34-30-26-22-18-14-10-6-2/h9,11,13,15,21,23,25,27,33-36,38-39,48,52,60,64,75-77,82H,5-8,10,12,14,16-20,22,24,26,28-32,37,40-47,49-51,53-59,61-63,65-74H2,1-4H3,(H,87,88)(H,89,90)/b13-9-,15-11-,25-21-,27-23-,36-33-,38-34-,39-35-,52-48-,64-60-. The lowest BCUT2D eigenvalue weighted by Gasteiger charge is -2.21. The first-order valence-corrected chi connectivity index (χ1v) is 42.1. The number of carbonyl (C=O) groups is 4. The molecule has 5 atom stereocenters. The minimum atomic E-state index is -5.00. The highest BCUT2D eigenvalue weighted by molar-refractivity contribution is 7.47. The number of unbranched alkanes of at least 4 members (excludes halogenated alkanes) is 30. The smallest absolute Gasteiger partial charge is 0.462 e. The number of esters is 4. The molecule has 17 nitrogen and oxygen atoms in total. The largest absolute Gasteiger partial charge is 0.472 e. The maximum absolute atomic E-state index is 13.1. The molecule has 0 bridgehead atoms. The van der Waals surface area contributed by atoms with Gasteiger partial charge in [0.05, 0.1) is 32.8 Å². The van der Waals surface area contributed by atoms with Crippen LogP contribution in [0.2, 0.25) is 0 Å². The number of phosphoric acid groups is 2. The molecule has 0 heterocycles. The summed E-state index contributed by atoms with van der Waals surface area (Å²) in [6.07, 6.45) is 78.2. The van der Waals surface area contributed by atoms with E-state index in [1.54, 1.807) is 12.2 Å². The van der Waals surface area contributed by atoms with Crippen molar-refractivity contribution in [3.05, 3.63) is 109 Å². The Balaban J connectivity index is 5.41. The van der Waals surface area contributed by atoms with Gasteiger partial charge < -0.3 is 33.8 Å². The molecule has 19 heteroatoms. The lowest BCUT2D eigenvalue weighted by Crippen LogP contribution is -2.30. The van der Waals surface area contributed by atoms with Gasteiger partial charge >= 0.3 is 39.5 Å². The van der Waals surface area contributed by atoms with Crippen molar-refractivity contribution in [3.8, 4) is 0 Å². The number of aliphatic hydroxyl groups is 1. The van der Waals surface area contributed by atoms with Crippen LogP contribution in [-0.4, -0.2) is 96.7 Å². The van der Waals surface area contributed by atoms with Crippen LogP contribution >= 0.6 is 15.6 Å². The maximum atomic E-state index is 13.1. The third-order valence-electron chi connectivity index (χ3n) is 16.3. The average Bonchev–Trinajstić information content (AvgIpc) is 0.932. The predicted molar refractivity (Wildman–Crippen MR) is 408 cm³/mol. The molecule has 0 aromatic carbocycles. The molecule has 0 fully saturated rings. The van der Waals surface area contributed by atoms with Gasteiger partial charge in [-0.25, -0.2) is 9.13 Å². The lowest BCUT2D eigenvalue weighted by molar-refractivity contribution is -0.161. The van der Waals surface area contributed by atoms with E-state index in [1.807, 2.05) is 12.2 Å². The van der Waals surface area contributed by atoms with Crippen LogP contribution in [0.15, 0.2) is 109 Å². The molecular formula is C81H140O17P2. The van der Waals surface area contributed by atoms with Gasteiger partial charge in [-0.3, -0.25) is 37.3 Å². The second kappa shape index (κ2) is 73.0. The summed E-state index contributed by atoms with van der Waals surface area (Å²) < 4.78 is 68.4. The van der Waals surface area contributed by atoms with Gasteiger partial charge in [-0.2, -0.15) is 0 Å².